The van der Waals surface area contributed by atoms with Crippen molar-refractivity contribution in [2.45, 2.75) is 317 Å². The van der Waals surface area contributed by atoms with Gasteiger partial charge in [-0.2, -0.15) is 9.59 Å². The Morgan fingerprint density at radius 1 is 0.429 bits per heavy atom. The summed E-state index contributed by atoms with van der Waals surface area (Å²) in [6, 6.07) is 44.2. The summed E-state index contributed by atoms with van der Waals surface area (Å²) in [5.74, 6) is 4.26. The van der Waals surface area contributed by atoms with Gasteiger partial charge in [0.15, 0.2) is 11.4 Å². The van der Waals surface area contributed by atoms with Gasteiger partial charge < -0.3 is 33.0 Å². The number of aryl methyl sites for hydroxylation is 2. The molecule has 4 aliphatic carbocycles. The van der Waals surface area contributed by atoms with Crippen molar-refractivity contribution in [3.05, 3.63) is 196 Å². The summed E-state index contributed by atoms with van der Waals surface area (Å²) in [5.41, 5.74) is 16.2. The summed E-state index contributed by atoms with van der Waals surface area (Å²) < 4.78 is 30.8. The lowest BCUT2D eigenvalue weighted by Crippen LogP contribution is -2.28. The molecule has 32 nitrogen and oxygen atoms in total. The predicted octanol–water partition coefficient (Wildman–Crippen LogP) is 25.9. The van der Waals surface area contributed by atoms with E-state index in [0.717, 1.165) is 57.0 Å². The molecule has 6 amide bonds. The quantitative estimate of drug-likeness (QED) is 0.0276. The highest BCUT2D eigenvalue weighted by atomic mass is 19.1. The molecule has 33 heteroatoms. The van der Waals surface area contributed by atoms with Crippen LogP contribution < -0.4 is 31.9 Å². The Hall–Kier alpha value is -14.4. The number of carbonyl (C=O) groups is 6. The summed E-state index contributed by atoms with van der Waals surface area (Å²) in [5, 5.41) is 41.1. The third-order valence-corrected chi connectivity index (χ3v) is 26.1. The zero-order valence-electron chi connectivity index (χ0n) is 89.3. The maximum absolute atomic E-state index is 13.3. The number of anilines is 6. The number of imidazole rings is 6. The largest absolute Gasteiger partial charge is 0.392 e. The van der Waals surface area contributed by atoms with Crippen LogP contribution in [0.25, 0.3) is 87.5 Å². The van der Waals surface area contributed by atoms with E-state index in [4.69, 9.17) is 37.2 Å². The fraction of sp³-hybridized carbons (Fsp3) is 0.474. The third kappa shape index (κ3) is 29.1. The molecule has 0 radical (unpaired) electrons. The van der Waals surface area contributed by atoms with Gasteiger partial charge in [-0.15, -0.1) is 0 Å². The van der Waals surface area contributed by atoms with Gasteiger partial charge in [0.1, 0.15) is 5.82 Å². The van der Waals surface area contributed by atoms with Crippen LogP contribution in [0.4, 0.5) is 51.5 Å². The summed E-state index contributed by atoms with van der Waals surface area (Å²) in [6.07, 6.45) is 16.1. The number of aliphatic hydroxyl groups excluding tert-OH is 1. The molecule has 4 saturated carbocycles. The first-order valence-electron chi connectivity index (χ1n) is 50.9. The van der Waals surface area contributed by atoms with Gasteiger partial charge in [-0.1, -0.05) is 185 Å². The normalized spacial score (nSPS) is 14.1. The molecule has 0 aliphatic heterocycles. The Morgan fingerprint density at radius 2 is 0.776 bits per heavy atom. The molecule has 7 aromatic carbocycles. The van der Waals surface area contributed by atoms with Gasteiger partial charge in [-0.3, -0.25) is 65.2 Å². The van der Waals surface area contributed by atoms with Crippen LogP contribution in [0.5, 0.6) is 0 Å². The average molecular weight is 2000 g/mol. The number of rotatable bonds is 23. The third-order valence-electron chi connectivity index (χ3n) is 26.1. The molecule has 0 unspecified atom stereocenters. The Morgan fingerprint density at radius 3 is 1.15 bits per heavy atom. The fourth-order valence-electron chi connectivity index (χ4n) is 17.6. The van der Waals surface area contributed by atoms with Crippen LogP contribution in [0.1, 0.15) is 319 Å². The van der Waals surface area contributed by atoms with E-state index in [-0.39, 0.29) is 88.1 Å². The topological polar surface area (TPSA) is 391 Å². The number of hydrogen-bond donors (Lipinski definition) is 8. The molecule has 147 heavy (non-hydrogen) atoms. The molecule has 8 N–H and O–H groups in total. The van der Waals surface area contributed by atoms with Crippen LogP contribution in [0, 0.1) is 66.3 Å². The number of aliphatic hydroxyl groups is 2. The standard InChI is InChI=1S/2C20H29N3O.C19H17FN4O2.C18H19N5O2.C18H25N3O2.C18H25N3O.CO2/c1-13(2)14-9-10-16-17(11-14)23(15-7-6-8-15)19(21-16)22-18(24)12-20(3,4)5;1-12(2)14(5)19(24)22-20-21-17-10-9-15(13(3)4)11-18(17)23(20)16-7-6-8-16;1-19(2,26)11-17(25)23-18-22-15-9-6-13(21-3)10-16(15)24(18)14-7-4-12(20)5-8-14;1-11-8-16(25-22-11)23-14-9-12(19-5)6-7-13(14)20-17(23)21-15(24)10-18(2,3)4;1-18(2,3)10-15(23)20-17-19-14-9-4-6-12(11-22)16(14)21(17)13-7-5-8-13;1-12-7-5-10-14-16(12)21(13-8-6-9-13)17(19-14)20-15(22)11-18(2,3)4;2-1-3/h9-11,13,15H,6-8,12H2,1-5H3,(H,21,22,24);9-14,16H,6-8H2,1-5H3,(H,21,22,24);4-10,26H,11H2,1-2H3,(H,22,23,25);6-9H,10H2,1-4H3,(H,20,21,24);4,6,9,13,22H,5,7-8,10-11H2,1-3H3,(H,19,20,23);5,7,10,13H,6,8-9,11H2,1-4H3,(H,19,20,22);/t;14-;;;;;/m.0...../s1. The number of benzene rings is 7. The van der Waals surface area contributed by atoms with Gasteiger partial charge in [0.05, 0.1) is 104 Å². The molecule has 0 saturated heterocycles. The van der Waals surface area contributed by atoms with Crippen LogP contribution in [0.15, 0.2) is 144 Å². The molecule has 7 aromatic heterocycles. The van der Waals surface area contributed by atoms with Crippen molar-refractivity contribution >= 4 is 155 Å². The monoisotopic (exact) mass is 2000 g/mol. The molecular weight excluding hydrogens is 1860 g/mol. The van der Waals surface area contributed by atoms with Crippen LogP contribution in [-0.4, -0.2) is 120 Å². The van der Waals surface area contributed by atoms with Crippen molar-refractivity contribution < 1.29 is 57.5 Å². The predicted molar refractivity (Wildman–Crippen MR) is 577 cm³/mol. The molecular formula is C114H144FN21O11. The first-order chi connectivity index (χ1) is 69.3. The van der Waals surface area contributed by atoms with Gasteiger partial charge in [0.2, 0.25) is 77.0 Å². The van der Waals surface area contributed by atoms with Crippen molar-refractivity contribution in [3.63, 3.8) is 0 Å². The van der Waals surface area contributed by atoms with Gasteiger partial charge in [-0.05, 0) is 246 Å². The SMILES string of the molecule is CC(C)(C)CC(=O)Nc1nc2cccc(CO)c2n1C1CCC1.CC(C)c1ccc2nc(NC(=O)CC(C)(C)C)n(C3CCC3)c2c1.CC(C)c1ccc2nc(NC(=O)[C@@H](C)C(C)C)n(C3CCC3)c2c1.Cc1cccc2nc(NC(=O)CC(C)(C)C)n(C3CCC3)c12.O=C=O.[C-]#[N+]c1ccc2nc(NC(=O)CC(C)(C)C)n(-c3cc(C)no3)c2c1.[C-]#[N+]c1ccc2nc(NC(=O)CC(C)(C)O)n(-c3ccc(F)cc3)c2c1. The maximum Gasteiger partial charge on any atom is 0.373 e. The van der Waals surface area contributed by atoms with Crippen molar-refractivity contribution in [1.29, 1.82) is 0 Å². The lowest BCUT2D eigenvalue weighted by molar-refractivity contribution is -0.192. The molecule has 0 bridgehead atoms. The van der Waals surface area contributed by atoms with Gasteiger partial charge in [0, 0.05) is 73.1 Å². The van der Waals surface area contributed by atoms with E-state index in [0.29, 0.717) is 148 Å². The number of fused-ring (bicyclic) bond motifs is 6. The van der Waals surface area contributed by atoms with E-state index < -0.39 is 11.5 Å². The number of halogens is 1. The average Bonchev–Trinajstić information content (AvgIpc) is 1.62. The Balaban J connectivity index is 0.000000156. The first-order valence-corrected chi connectivity index (χ1v) is 50.9. The van der Waals surface area contributed by atoms with Crippen molar-refractivity contribution in [3.8, 4) is 11.6 Å². The number of nitrogens with one attached hydrogen (secondary N) is 6. The van der Waals surface area contributed by atoms with E-state index in [2.05, 4.69) is 217 Å². The second kappa shape index (κ2) is 47.4. The lowest BCUT2D eigenvalue weighted by atomic mass is 9.92. The van der Waals surface area contributed by atoms with Gasteiger partial charge >= 0.3 is 6.15 Å². The van der Waals surface area contributed by atoms with E-state index >= 15 is 0 Å². The molecule has 7 heterocycles. The van der Waals surface area contributed by atoms with E-state index in [1.807, 2.05) is 85.7 Å². The van der Waals surface area contributed by atoms with Gasteiger partial charge in [0.25, 0.3) is 0 Å². The zero-order valence-corrected chi connectivity index (χ0v) is 89.3. The van der Waals surface area contributed by atoms with E-state index in [9.17, 15) is 43.4 Å². The highest BCUT2D eigenvalue weighted by Gasteiger charge is 2.35. The number of hydrogen-bond acceptors (Lipinski definition) is 18. The highest BCUT2D eigenvalue weighted by molar-refractivity contribution is 5.98. The molecule has 4 fully saturated rings. The molecule has 778 valence electrons. The number of nitrogens with zero attached hydrogens (tertiary/aromatic N) is 15. The lowest BCUT2D eigenvalue weighted by Gasteiger charge is -2.29. The first kappa shape index (κ1) is 111. The fourth-order valence-corrected chi connectivity index (χ4v) is 17.6. The van der Waals surface area contributed by atoms with Crippen molar-refractivity contribution in [2.24, 2.45) is 33.5 Å². The zero-order chi connectivity index (χ0) is 107. The summed E-state index contributed by atoms with van der Waals surface area (Å²) in [7, 11) is 0. The molecule has 4 aliphatic rings. The van der Waals surface area contributed by atoms with Crippen LogP contribution in [0.2, 0.25) is 0 Å². The number of aromatic nitrogens is 13. The second-order valence-corrected chi connectivity index (χ2v) is 45.4. The number of para-hydroxylation sites is 2. The minimum Gasteiger partial charge on any atom is -0.392 e. The van der Waals surface area contributed by atoms with E-state index in [1.54, 1.807) is 63.7 Å². The summed E-state index contributed by atoms with van der Waals surface area (Å²) in [4.78, 5) is 125. The Kier molecular flexibility index (Phi) is 35.9. The number of amides is 6. The Labute approximate surface area is 859 Å². The van der Waals surface area contributed by atoms with Crippen LogP contribution >= 0.6 is 0 Å². The minimum atomic E-state index is -1.16. The molecule has 14 aromatic rings. The molecule has 18 rings (SSSR count). The van der Waals surface area contributed by atoms with Crippen molar-refractivity contribution in [1.82, 2.24) is 62.5 Å². The molecule has 0 spiro atoms. The summed E-state index contributed by atoms with van der Waals surface area (Å²) in [6.45, 7) is 60.9. The van der Waals surface area contributed by atoms with Crippen molar-refractivity contribution in [2.75, 3.05) is 31.9 Å². The van der Waals surface area contributed by atoms with E-state index in [1.165, 1.54) is 112 Å². The van der Waals surface area contributed by atoms with Crippen LogP contribution in [0.3, 0.4) is 0 Å². The number of carbonyl (C=O) groups excluding carboxylic acids is 8. The smallest absolute Gasteiger partial charge is 0.373 e. The van der Waals surface area contributed by atoms with Crippen LogP contribution in [-0.2, 0) is 45.0 Å². The summed E-state index contributed by atoms with van der Waals surface area (Å²) >= 11 is 0. The van der Waals surface area contributed by atoms with Gasteiger partial charge in [-0.25, -0.2) is 48.6 Å². The highest BCUT2D eigenvalue weighted by Crippen LogP contribution is 2.45. The molecule has 1 atom stereocenters. The Bertz CT molecular complexity index is 7190. The minimum absolute atomic E-state index is 0.0149. The maximum atomic E-state index is 13.3. The second-order valence-electron chi connectivity index (χ2n) is 45.4.